The number of imidazole rings is 1. The quantitative estimate of drug-likeness (QED) is 0.791. The molecule has 0 aliphatic carbocycles. The highest BCUT2D eigenvalue weighted by Gasteiger charge is 2.19. The van der Waals surface area contributed by atoms with Crippen LogP contribution in [-0.4, -0.2) is 40.5 Å². The van der Waals surface area contributed by atoms with E-state index in [-0.39, 0.29) is 0 Å². The van der Waals surface area contributed by atoms with E-state index in [0.717, 1.165) is 19.1 Å². The smallest absolute Gasteiger partial charge is 0.0922 e. The molecule has 1 aliphatic heterocycles. The highest BCUT2D eigenvalue weighted by atomic mass is 15.2. The van der Waals surface area contributed by atoms with Crippen molar-refractivity contribution in [1.29, 1.82) is 0 Å². The maximum absolute atomic E-state index is 4.01. The molecule has 1 aliphatic rings. The SMILES string of the molecule is CCN1CCCCC1CNCc1cnc[nH]1. The molecule has 0 spiro atoms. The normalized spacial score (nSPS) is 22.4. The predicted octanol–water partition coefficient (Wildman–Crippen LogP) is 1.37. The number of nitrogens with zero attached hydrogens (tertiary/aromatic N) is 2. The average molecular weight is 222 g/mol. The molecule has 0 bridgehead atoms. The third-order valence-corrected chi connectivity index (χ3v) is 3.41. The Morgan fingerprint density at radius 1 is 1.56 bits per heavy atom. The average Bonchev–Trinajstić information content (AvgIpc) is 2.83. The topological polar surface area (TPSA) is 44.0 Å². The number of rotatable bonds is 5. The second kappa shape index (κ2) is 6.01. The molecule has 2 heterocycles. The van der Waals surface area contributed by atoms with Gasteiger partial charge >= 0.3 is 0 Å². The molecule has 1 fully saturated rings. The van der Waals surface area contributed by atoms with E-state index in [2.05, 4.69) is 27.1 Å². The number of aromatic amines is 1. The van der Waals surface area contributed by atoms with E-state index in [9.17, 15) is 0 Å². The zero-order chi connectivity index (χ0) is 11.2. The molecule has 2 rings (SSSR count). The fraction of sp³-hybridized carbons (Fsp3) is 0.750. The largest absolute Gasteiger partial charge is 0.347 e. The first-order valence-corrected chi connectivity index (χ1v) is 6.32. The van der Waals surface area contributed by atoms with Gasteiger partial charge in [0.1, 0.15) is 0 Å². The third-order valence-electron chi connectivity index (χ3n) is 3.41. The Balaban J connectivity index is 1.71. The zero-order valence-corrected chi connectivity index (χ0v) is 10.1. The Bertz CT molecular complexity index is 283. The number of aromatic nitrogens is 2. The Hall–Kier alpha value is -0.870. The standard InChI is InChI=1S/C12H22N4/c1-2-16-6-4-3-5-12(16)9-13-7-11-8-14-10-15-11/h8,10,12-13H,2-7,9H2,1H3,(H,14,15). The minimum atomic E-state index is 0.724. The number of piperidine rings is 1. The second-order valence-electron chi connectivity index (χ2n) is 4.49. The highest BCUT2D eigenvalue weighted by molar-refractivity contribution is 4.93. The van der Waals surface area contributed by atoms with Crippen molar-refractivity contribution in [2.75, 3.05) is 19.6 Å². The summed E-state index contributed by atoms with van der Waals surface area (Å²) in [6, 6.07) is 0.724. The van der Waals surface area contributed by atoms with Gasteiger partial charge in [0, 0.05) is 31.0 Å². The number of hydrogen-bond acceptors (Lipinski definition) is 3. The Morgan fingerprint density at radius 3 is 3.25 bits per heavy atom. The molecule has 4 heteroatoms. The fourth-order valence-corrected chi connectivity index (χ4v) is 2.46. The Kier molecular flexibility index (Phi) is 4.36. The summed E-state index contributed by atoms with van der Waals surface area (Å²) in [5.74, 6) is 0. The van der Waals surface area contributed by atoms with E-state index in [1.165, 1.54) is 38.0 Å². The Morgan fingerprint density at radius 2 is 2.50 bits per heavy atom. The summed E-state index contributed by atoms with van der Waals surface area (Å²) in [4.78, 5) is 9.71. The lowest BCUT2D eigenvalue weighted by molar-refractivity contribution is 0.153. The van der Waals surface area contributed by atoms with Gasteiger partial charge in [0.15, 0.2) is 0 Å². The van der Waals surface area contributed by atoms with E-state index in [4.69, 9.17) is 0 Å². The molecule has 90 valence electrons. The van der Waals surface area contributed by atoms with Crippen molar-refractivity contribution < 1.29 is 0 Å². The van der Waals surface area contributed by atoms with Crippen molar-refractivity contribution in [3.8, 4) is 0 Å². The number of likely N-dealkylation sites (tertiary alicyclic amines) is 1. The summed E-state index contributed by atoms with van der Waals surface area (Å²) in [6.45, 7) is 6.69. The molecule has 0 amide bonds. The van der Waals surface area contributed by atoms with Crippen molar-refractivity contribution in [3.05, 3.63) is 18.2 Å². The highest BCUT2D eigenvalue weighted by Crippen LogP contribution is 2.15. The van der Waals surface area contributed by atoms with Crippen LogP contribution in [0.1, 0.15) is 31.9 Å². The summed E-state index contributed by atoms with van der Waals surface area (Å²) in [5, 5.41) is 3.51. The molecule has 0 radical (unpaired) electrons. The molecule has 1 atom stereocenters. The van der Waals surface area contributed by atoms with Gasteiger partial charge in [-0.25, -0.2) is 4.98 Å². The lowest BCUT2D eigenvalue weighted by Gasteiger charge is -2.35. The van der Waals surface area contributed by atoms with Crippen LogP contribution < -0.4 is 5.32 Å². The van der Waals surface area contributed by atoms with Crippen molar-refractivity contribution in [3.63, 3.8) is 0 Å². The maximum Gasteiger partial charge on any atom is 0.0922 e. The van der Waals surface area contributed by atoms with Crippen LogP contribution in [0.25, 0.3) is 0 Å². The molecule has 1 saturated heterocycles. The van der Waals surface area contributed by atoms with Crippen molar-refractivity contribution in [2.45, 2.75) is 38.8 Å². The fourth-order valence-electron chi connectivity index (χ4n) is 2.46. The summed E-state index contributed by atoms with van der Waals surface area (Å²) >= 11 is 0. The van der Waals surface area contributed by atoms with E-state index in [0.29, 0.717) is 0 Å². The molecule has 1 aromatic heterocycles. The van der Waals surface area contributed by atoms with E-state index in [1.807, 2.05) is 6.20 Å². The van der Waals surface area contributed by atoms with Gasteiger partial charge in [-0.05, 0) is 25.9 Å². The van der Waals surface area contributed by atoms with Gasteiger partial charge in [-0.1, -0.05) is 13.3 Å². The first-order chi connectivity index (χ1) is 7.90. The molecule has 1 aromatic rings. The maximum atomic E-state index is 4.01. The van der Waals surface area contributed by atoms with Crippen LogP contribution in [0.3, 0.4) is 0 Å². The van der Waals surface area contributed by atoms with Gasteiger partial charge in [-0.2, -0.15) is 0 Å². The number of hydrogen-bond donors (Lipinski definition) is 2. The minimum absolute atomic E-state index is 0.724. The predicted molar refractivity (Wildman–Crippen MR) is 65.2 cm³/mol. The second-order valence-corrected chi connectivity index (χ2v) is 4.49. The molecular formula is C12H22N4. The van der Waals surface area contributed by atoms with E-state index < -0.39 is 0 Å². The lowest BCUT2D eigenvalue weighted by atomic mass is 10.0. The summed E-state index contributed by atoms with van der Waals surface area (Å²) in [5.41, 5.74) is 1.17. The summed E-state index contributed by atoms with van der Waals surface area (Å²) in [6.07, 6.45) is 7.70. The van der Waals surface area contributed by atoms with Crippen LogP contribution in [0.15, 0.2) is 12.5 Å². The molecule has 2 N–H and O–H groups in total. The lowest BCUT2D eigenvalue weighted by Crippen LogP contribution is -2.45. The van der Waals surface area contributed by atoms with Crippen LogP contribution in [-0.2, 0) is 6.54 Å². The molecule has 0 aromatic carbocycles. The monoisotopic (exact) mass is 222 g/mol. The zero-order valence-electron chi connectivity index (χ0n) is 10.1. The summed E-state index contributed by atoms with van der Waals surface area (Å²) < 4.78 is 0. The van der Waals surface area contributed by atoms with Crippen LogP contribution in [0, 0.1) is 0 Å². The van der Waals surface area contributed by atoms with Crippen LogP contribution in [0.5, 0.6) is 0 Å². The van der Waals surface area contributed by atoms with Crippen molar-refractivity contribution >= 4 is 0 Å². The molecular weight excluding hydrogens is 200 g/mol. The van der Waals surface area contributed by atoms with Gasteiger partial charge in [0.05, 0.1) is 6.33 Å². The van der Waals surface area contributed by atoms with Crippen molar-refractivity contribution in [2.24, 2.45) is 0 Å². The Labute approximate surface area is 97.4 Å². The van der Waals surface area contributed by atoms with E-state index >= 15 is 0 Å². The molecule has 4 nitrogen and oxygen atoms in total. The first kappa shape index (κ1) is 11.6. The van der Waals surface area contributed by atoms with Gasteiger partial charge in [-0.15, -0.1) is 0 Å². The molecule has 16 heavy (non-hydrogen) atoms. The molecule has 0 saturated carbocycles. The van der Waals surface area contributed by atoms with Crippen LogP contribution in [0.2, 0.25) is 0 Å². The minimum Gasteiger partial charge on any atom is -0.347 e. The van der Waals surface area contributed by atoms with Gasteiger partial charge in [0.2, 0.25) is 0 Å². The number of H-pyrrole nitrogens is 1. The van der Waals surface area contributed by atoms with Gasteiger partial charge < -0.3 is 10.3 Å². The summed E-state index contributed by atoms with van der Waals surface area (Å²) in [7, 11) is 0. The van der Waals surface area contributed by atoms with Gasteiger partial charge in [-0.3, -0.25) is 4.90 Å². The van der Waals surface area contributed by atoms with Crippen LogP contribution in [0.4, 0.5) is 0 Å². The molecule has 1 unspecified atom stereocenters. The van der Waals surface area contributed by atoms with Crippen LogP contribution >= 0.6 is 0 Å². The number of likely N-dealkylation sites (N-methyl/N-ethyl adjacent to an activating group) is 1. The van der Waals surface area contributed by atoms with Gasteiger partial charge in [0.25, 0.3) is 0 Å². The van der Waals surface area contributed by atoms with E-state index in [1.54, 1.807) is 6.33 Å². The third kappa shape index (κ3) is 3.06. The number of nitrogens with one attached hydrogen (secondary N) is 2. The first-order valence-electron chi connectivity index (χ1n) is 6.32. The van der Waals surface area contributed by atoms with Crippen molar-refractivity contribution in [1.82, 2.24) is 20.2 Å².